The zero-order valence-electron chi connectivity index (χ0n) is 18.0. The molecular formula is C26H21ClN2O5. The highest BCUT2D eigenvalue weighted by Gasteiger charge is 2.27. The molecule has 7 nitrogen and oxygen atoms in total. The SMILES string of the molecule is O=C1NC(=O)C(=Cc2ccc(OCCCOc3ccc(-c4ccccc4)cc3)c(Cl)c2)C(=O)N1. The van der Waals surface area contributed by atoms with Gasteiger partial charge < -0.3 is 9.47 Å². The number of urea groups is 1. The lowest BCUT2D eigenvalue weighted by molar-refractivity contribution is -0.123. The number of carbonyl (C=O) groups is 3. The fourth-order valence-corrected chi connectivity index (χ4v) is 3.55. The second kappa shape index (κ2) is 10.7. The van der Waals surface area contributed by atoms with Gasteiger partial charge >= 0.3 is 6.03 Å². The molecule has 1 fully saturated rings. The third-order valence-electron chi connectivity index (χ3n) is 4.99. The van der Waals surface area contributed by atoms with Crippen molar-refractivity contribution < 1.29 is 23.9 Å². The first kappa shape index (κ1) is 23.1. The van der Waals surface area contributed by atoms with Crippen molar-refractivity contribution in [2.45, 2.75) is 6.42 Å². The molecule has 0 saturated carbocycles. The van der Waals surface area contributed by atoms with Gasteiger partial charge in [-0.25, -0.2) is 4.79 Å². The summed E-state index contributed by atoms with van der Waals surface area (Å²) in [5.41, 5.74) is 2.62. The van der Waals surface area contributed by atoms with Crippen molar-refractivity contribution in [2.24, 2.45) is 0 Å². The molecule has 2 N–H and O–H groups in total. The maximum atomic E-state index is 11.8. The van der Waals surface area contributed by atoms with Crippen molar-refractivity contribution in [2.75, 3.05) is 13.2 Å². The van der Waals surface area contributed by atoms with Crippen LogP contribution in [0, 0.1) is 0 Å². The molecule has 3 aromatic rings. The van der Waals surface area contributed by atoms with Crippen LogP contribution in [0.25, 0.3) is 17.2 Å². The molecule has 8 heteroatoms. The van der Waals surface area contributed by atoms with E-state index in [0.29, 0.717) is 36.0 Å². The first-order valence-electron chi connectivity index (χ1n) is 10.6. The predicted molar refractivity (Wildman–Crippen MR) is 129 cm³/mol. The van der Waals surface area contributed by atoms with Crippen LogP contribution in [0.4, 0.5) is 4.79 Å². The smallest absolute Gasteiger partial charge is 0.328 e. The van der Waals surface area contributed by atoms with E-state index in [4.69, 9.17) is 21.1 Å². The predicted octanol–water partition coefficient (Wildman–Crippen LogP) is 4.60. The standard InChI is InChI=1S/C26H21ClN2O5/c27-22-16-17(15-21-24(30)28-26(32)29-25(21)31)7-12-23(22)34-14-4-13-33-20-10-8-19(9-11-20)18-5-2-1-3-6-18/h1-3,5-12,15-16H,4,13-14H2,(H2,28,29,30,31,32). The quantitative estimate of drug-likeness (QED) is 0.281. The number of halogens is 1. The number of rotatable bonds is 8. The van der Waals surface area contributed by atoms with Gasteiger partial charge in [0.25, 0.3) is 11.8 Å². The van der Waals surface area contributed by atoms with E-state index in [0.717, 1.165) is 16.9 Å². The van der Waals surface area contributed by atoms with Crippen molar-refractivity contribution in [1.82, 2.24) is 10.6 Å². The van der Waals surface area contributed by atoms with Crippen LogP contribution in [0.2, 0.25) is 5.02 Å². The van der Waals surface area contributed by atoms with Gasteiger partial charge in [-0.1, -0.05) is 60.1 Å². The molecule has 1 saturated heterocycles. The third kappa shape index (κ3) is 5.82. The Morgan fingerprint density at radius 3 is 2.09 bits per heavy atom. The van der Waals surface area contributed by atoms with Gasteiger partial charge in [0.1, 0.15) is 17.1 Å². The highest BCUT2D eigenvalue weighted by Crippen LogP contribution is 2.27. The number of hydrogen-bond acceptors (Lipinski definition) is 5. The Kier molecular flexibility index (Phi) is 7.25. The molecule has 4 amide bonds. The van der Waals surface area contributed by atoms with Crippen LogP contribution in [0.15, 0.2) is 78.4 Å². The molecule has 1 aliphatic heterocycles. The van der Waals surface area contributed by atoms with Gasteiger partial charge in [-0.3, -0.25) is 20.2 Å². The molecule has 0 unspecified atom stereocenters. The van der Waals surface area contributed by atoms with Crippen molar-refractivity contribution in [3.05, 3.63) is 89.0 Å². The zero-order chi connectivity index (χ0) is 23.9. The Morgan fingerprint density at radius 1 is 0.765 bits per heavy atom. The van der Waals surface area contributed by atoms with E-state index in [1.54, 1.807) is 18.2 Å². The van der Waals surface area contributed by atoms with Crippen molar-refractivity contribution in [3.63, 3.8) is 0 Å². The highest BCUT2D eigenvalue weighted by molar-refractivity contribution is 6.33. The zero-order valence-corrected chi connectivity index (χ0v) is 18.8. The van der Waals surface area contributed by atoms with Gasteiger partial charge in [-0.2, -0.15) is 0 Å². The summed E-state index contributed by atoms with van der Waals surface area (Å²) in [6.45, 7) is 0.880. The van der Waals surface area contributed by atoms with Crippen molar-refractivity contribution >= 4 is 35.5 Å². The number of carbonyl (C=O) groups excluding carboxylic acids is 3. The van der Waals surface area contributed by atoms with E-state index in [-0.39, 0.29) is 5.57 Å². The molecule has 0 atom stereocenters. The number of barbiturate groups is 1. The summed E-state index contributed by atoms with van der Waals surface area (Å²) in [6.07, 6.45) is 2.00. The Morgan fingerprint density at radius 2 is 1.41 bits per heavy atom. The van der Waals surface area contributed by atoms with E-state index in [1.165, 1.54) is 6.08 Å². The number of benzene rings is 3. The molecule has 1 aliphatic rings. The van der Waals surface area contributed by atoms with Gasteiger partial charge in [0.2, 0.25) is 0 Å². The molecule has 1 heterocycles. The van der Waals surface area contributed by atoms with Gasteiger partial charge in [-0.05, 0) is 47.0 Å². The molecule has 34 heavy (non-hydrogen) atoms. The molecule has 0 aliphatic carbocycles. The van der Waals surface area contributed by atoms with E-state index in [1.807, 2.05) is 53.1 Å². The number of amides is 4. The maximum Gasteiger partial charge on any atom is 0.328 e. The van der Waals surface area contributed by atoms with Crippen LogP contribution in [0.1, 0.15) is 12.0 Å². The molecule has 0 spiro atoms. The number of nitrogens with one attached hydrogen (secondary N) is 2. The van der Waals surface area contributed by atoms with Crippen molar-refractivity contribution in [1.29, 1.82) is 0 Å². The minimum atomic E-state index is -0.845. The van der Waals surface area contributed by atoms with Crippen LogP contribution in [-0.2, 0) is 9.59 Å². The van der Waals surface area contributed by atoms with Crippen LogP contribution >= 0.6 is 11.6 Å². The van der Waals surface area contributed by atoms with Gasteiger partial charge in [0.15, 0.2) is 0 Å². The minimum absolute atomic E-state index is 0.182. The van der Waals surface area contributed by atoms with Crippen molar-refractivity contribution in [3.8, 4) is 22.6 Å². The van der Waals surface area contributed by atoms with Gasteiger partial charge in [0, 0.05) is 6.42 Å². The Hall–Kier alpha value is -4.10. The topological polar surface area (TPSA) is 93.7 Å². The second-order valence-electron chi connectivity index (χ2n) is 7.43. The first-order chi connectivity index (χ1) is 16.5. The molecule has 4 rings (SSSR count). The number of imide groups is 2. The van der Waals surface area contributed by atoms with E-state index in [2.05, 4.69) is 12.1 Å². The average Bonchev–Trinajstić information content (AvgIpc) is 2.83. The van der Waals surface area contributed by atoms with Gasteiger partial charge in [-0.15, -0.1) is 0 Å². The van der Waals surface area contributed by atoms with Crippen LogP contribution in [0.5, 0.6) is 11.5 Å². The minimum Gasteiger partial charge on any atom is -0.493 e. The summed E-state index contributed by atoms with van der Waals surface area (Å²) in [7, 11) is 0. The molecule has 0 aromatic heterocycles. The van der Waals surface area contributed by atoms with Crippen LogP contribution in [0.3, 0.4) is 0 Å². The number of ether oxygens (including phenoxy) is 2. The summed E-state index contributed by atoms with van der Waals surface area (Å²) in [6, 6.07) is 22.1. The molecule has 3 aromatic carbocycles. The average molecular weight is 477 g/mol. The molecule has 0 bridgehead atoms. The summed E-state index contributed by atoms with van der Waals surface area (Å²) in [5, 5.41) is 4.37. The largest absolute Gasteiger partial charge is 0.493 e. The second-order valence-corrected chi connectivity index (χ2v) is 7.83. The van der Waals surface area contributed by atoms with E-state index < -0.39 is 17.8 Å². The normalized spacial score (nSPS) is 13.2. The fourth-order valence-electron chi connectivity index (χ4n) is 3.30. The first-order valence-corrected chi connectivity index (χ1v) is 11.0. The lowest BCUT2D eigenvalue weighted by atomic mass is 10.1. The summed E-state index contributed by atoms with van der Waals surface area (Å²) in [5.74, 6) is -0.267. The molecule has 172 valence electrons. The summed E-state index contributed by atoms with van der Waals surface area (Å²) >= 11 is 6.28. The van der Waals surface area contributed by atoms with Gasteiger partial charge in [0.05, 0.1) is 18.2 Å². The van der Waals surface area contributed by atoms with Crippen LogP contribution in [-0.4, -0.2) is 31.1 Å². The van der Waals surface area contributed by atoms with E-state index >= 15 is 0 Å². The monoisotopic (exact) mass is 476 g/mol. The van der Waals surface area contributed by atoms with Crippen LogP contribution < -0.4 is 20.1 Å². The lowest BCUT2D eigenvalue weighted by Gasteiger charge is -2.14. The third-order valence-corrected chi connectivity index (χ3v) is 5.28. The summed E-state index contributed by atoms with van der Waals surface area (Å²) < 4.78 is 11.5. The molecular weight excluding hydrogens is 456 g/mol. The Bertz CT molecular complexity index is 1220. The maximum absolute atomic E-state index is 11.8. The van der Waals surface area contributed by atoms with E-state index in [9.17, 15) is 14.4 Å². The Balaban J connectivity index is 1.25. The lowest BCUT2D eigenvalue weighted by Crippen LogP contribution is -2.51. The Labute approximate surface area is 201 Å². The highest BCUT2D eigenvalue weighted by atomic mass is 35.5. The summed E-state index contributed by atoms with van der Waals surface area (Å²) in [4.78, 5) is 34.8. The number of hydrogen-bond donors (Lipinski definition) is 2. The fraction of sp³-hybridized carbons (Fsp3) is 0.115. The molecule has 0 radical (unpaired) electrons.